The van der Waals surface area contributed by atoms with Crippen LogP contribution in [0.25, 0.3) is 0 Å². The SMILES string of the molecule is CCCCCCCCCCCCCCCCOc1ccc(CN(Cc2cccc[n+]2CC)S(=O)(=O)c2ccc(C)cc2)cc1OC. The summed E-state index contributed by atoms with van der Waals surface area (Å²) >= 11 is 0. The Kier molecular flexibility index (Phi) is 17.2. The van der Waals surface area contributed by atoms with E-state index in [9.17, 15) is 8.42 Å². The molecule has 46 heavy (non-hydrogen) atoms. The lowest BCUT2D eigenvalue weighted by Gasteiger charge is -2.22. The number of hydrogen-bond acceptors (Lipinski definition) is 4. The summed E-state index contributed by atoms with van der Waals surface area (Å²) in [6.07, 6.45) is 20.6. The Labute approximate surface area is 280 Å². The van der Waals surface area contributed by atoms with Crippen molar-refractivity contribution < 1.29 is 22.5 Å². The molecule has 3 aromatic rings. The van der Waals surface area contributed by atoms with Crippen LogP contribution in [0.5, 0.6) is 11.5 Å². The van der Waals surface area contributed by atoms with Crippen molar-refractivity contribution >= 4 is 10.0 Å². The average Bonchev–Trinajstić information content (AvgIpc) is 3.07. The van der Waals surface area contributed by atoms with Crippen LogP contribution in [0.3, 0.4) is 0 Å². The summed E-state index contributed by atoms with van der Waals surface area (Å²) in [6.45, 7) is 8.16. The van der Waals surface area contributed by atoms with Crippen LogP contribution in [0, 0.1) is 6.92 Å². The van der Waals surface area contributed by atoms with Gasteiger partial charge in [0, 0.05) is 18.7 Å². The Hall–Kier alpha value is -2.90. The van der Waals surface area contributed by atoms with Crippen LogP contribution in [0.4, 0.5) is 0 Å². The van der Waals surface area contributed by atoms with E-state index in [1.54, 1.807) is 23.5 Å². The molecule has 0 spiro atoms. The first-order chi connectivity index (χ1) is 22.4. The number of methoxy groups -OCH3 is 1. The molecule has 0 aliphatic carbocycles. The fourth-order valence-electron chi connectivity index (χ4n) is 5.84. The lowest BCUT2D eigenvalue weighted by molar-refractivity contribution is -0.701. The topological polar surface area (TPSA) is 59.7 Å². The van der Waals surface area contributed by atoms with E-state index in [0.29, 0.717) is 18.1 Å². The smallest absolute Gasteiger partial charge is 0.243 e. The zero-order chi connectivity index (χ0) is 33.0. The van der Waals surface area contributed by atoms with E-state index in [2.05, 4.69) is 18.4 Å². The molecule has 1 aromatic heterocycles. The maximum absolute atomic E-state index is 13.9. The lowest BCUT2D eigenvalue weighted by atomic mass is 10.0. The highest BCUT2D eigenvalue weighted by Gasteiger charge is 2.28. The highest BCUT2D eigenvalue weighted by Crippen LogP contribution is 2.30. The van der Waals surface area contributed by atoms with Crippen LogP contribution >= 0.6 is 0 Å². The van der Waals surface area contributed by atoms with Gasteiger partial charge < -0.3 is 9.47 Å². The molecule has 254 valence electrons. The van der Waals surface area contributed by atoms with Gasteiger partial charge in [-0.3, -0.25) is 0 Å². The average molecular weight is 652 g/mol. The Morgan fingerprint density at radius 2 is 1.30 bits per heavy atom. The van der Waals surface area contributed by atoms with Gasteiger partial charge in [0.1, 0.15) is 6.54 Å². The summed E-state index contributed by atoms with van der Waals surface area (Å²) in [5, 5.41) is 0. The van der Waals surface area contributed by atoms with E-state index in [-0.39, 0.29) is 18.0 Å². The molecule has 0 saturated carbocycles. The number of unbranched alkanes of at least 4 members (excludes halogenated alkanes) is 13. The van der Waals surface area contributed by atoms with Crippen molar-refractivity contribution in [1.82, 2.24) is 4.31 Å². The normalized spacial score (nSPS) is 11.7. The summed E-state index contributed by atoms with van der Waals surface area (Å²) in [4.78, 5) is 0.289. The molecular formula is C39H59N2O4S+. The van der Waals surface area contributed by atoms with Gasteiger partial charge in [0.25, 0.3) is 0 Å². The van der Waals surface area contributed by atoms with Crippen molar-refractivity contribution in [1.29, 1.82) is 0 Å². The third-order valence-electron chi connectivity index (χ3n) is 8.71. The van der Waals surface area contributed by atoms with Crippen LogP contribution in [0.1, 0.15) is 121 Å². The second kappa shape index (κ2) is 21.1. The van der Waals surface area contributed by atoms with E-state index in [4.69, 9.17) is 9.47 Å². The molecule has 0 N–H and O–H groups in total. The monoisotopic (exact) mass is 651 g/mol. The number of sulfonamides is 1. The molecule has 3 rings (SSSR count). The molecule has 0 amide bonds. The van der Waals surface area contributed by atoms with Crippen LogP contribution in [0.15, 0.2) is 71.8 Å². The molecule has 1 heterocycles. The summed E-state index contributed by atoms with van der Waals surface area (Å²) in [6, 6.07) is 18.7. The Morgan fingerprint density at radius 1 is 0.696 bits per heavy atom. The Bertz CT molecular complexity index is 1370. The van der Waals surface area contributed by atoms with E-state index in [1.165, 1.54) is 83.5 Å². The van der Waals surface area contributed by atoms with E-state index in [0.717, 1.165) is 29.8 Å². The number of ether oxygens (including phenoxy) is 2. The van der Waals surface area contributed by atoms with Gasteiger partial charge in [-0.25, -0.2) is 13.0 Å². The van der Waals surface area contributed by atoms with Crippen molar-refractivity contribution in [2.24, 2.45) is 0 Å². The van der Waals surface area contributed by atoms with Crippen LogP contribution < -0.4 is 14.0 Å². The van der Waals surface area contributed by atoms with Crippen molar-refractivity contribution in [3.05, 3.63) is 83.7 Å². The molecule has 0 bridgehead atoms. The number of benzene rings is 2. The Morgan fingerprint density at radius 3 is 1.89 bits per heavy atom. The van der Waals surface area contributed by atoms with Crippen molar-refractivity contribution in [3.8, 4) is 11.5 Å². The fourth-order valence-corrected chi connectivity index (χ4v) is 7.24. The van der Waals surface area contributed by atoms with Gasteiger partial charge in [0.15, 0.2) is 23.4 Å². The summed E-state index contributed by atoms with van der Waals surface area (Å²) in [7, 11) is -2.13. The molecule has 6 nitrogen and oxygen atoms in total. The first kappa shape index (κ1) is 37.6. The summed E-state index contributed by atoms with van der Waals surface area (Å²) in [5.74, 6) is 1.32. The maximum atomic E-state index is 13.9. The third kappa shape index (κ3) is 12.7. The zero-order valence-electron chi connectivity index (χ0n) is 29.0. The first-order valence-corrected chi connectivity index (χ1v) is 19.2. The number of aryl methyl sites for hydroxylation is 2. The second-order valence-corrected chi connectivity index (χ2v) is 14.4. The third-order valence-corrected chi connectivity index (χ3v) is 10.5. The highest BCUT2D eigenvalue weighted by atomic mass is 32.2. The Balaban J connectivity index is 1.50. The molecular weight excluding hydrogens is 593 g/mol. The second-order valence-electron chi connectivity index (χ2n) is 12.5. The minimum atomic E-state index is -3.76. The number of rotatable bonds is 24. The molecule has 0 atom stereocenters. The standard InChI is InChI=1S/C39H59N2O4S/c1-5-7-8-9-10-11-12-13-14-15-16-17-18-21-30-45-38-28-25-35(31-39(38)44-4)32-41(33-36-22-19-20-29-40(36)6-2)46(42,43)37-26-23-34(3)24-27-37/h19-20,22-29,31H,5-18,21,30,32-33H2,1-4H3/q+1. The molecule has 0 saturated heterocycles. The minimum Gasteiger partial charge on any atom is -0.493 e. The van der Waals surface area contributed by atoms with Crippen LogP contribution in [-0.2, 0) is 29.7 Å². The quantitative estimate of drug-likeness (QED) is 0.0715. The van der Waals surface area contributed by atoms with E-state index in [1.807, 2.05) is 61.7 Å². The zero-order valence-corrected chi connectivity index (χ0v) is 29.8. The van der Waals surface area contributed by atoms with Crippen LogP contribution in [0.2, 0.25) is 0 Å². The molecule has 0 unspecified atom stereocenters. The van der Waals surface area contributed by atoms with Crippen molar-refractivity contribution in [2.45, 2.75) is 135 Å². The van der Waals surface area contributed by atoms with Gasteiger partial charge in [-0.15, -0.1) is 0 Å². The fraction of sp³-hybridized carbons (Fsp3) is 0.564. The van der Waals surface area contributed by atoms with Crippen molar-refractivity contribution in [2.75, 3.05) is 13.7 Å². The summed E-state index contributed by atoms with van der Waals surface area (Å²) < 4.78 is 43.2. The predicted octanol–water partition coefficient (Wildman–Crippen LogP) is 9.56. The minimum absolute atomic E-state index is 0.213. The number of hydrogen-bond donors (Lipinski definition) is 0. The lowest BCUT2D eigenvalue weighted by Crippen LogP contribution is -2.41. The predicted molar refractivity (Wildman–Crippen MR) is 189 cm³/mol. The van der Waals surface area contributed by atoms with Crippen molar-refractivity contribution in [3.63, 3.8) is 0 Å². The molecule has 7 heteroatoms. The largest absolute Gasteiger partial charge is 0.493 e. The molecule has 0 fully saturated rings. The summed E-state index contributed by atoms with van der Waals surface area (Å²) in [5.41, 5.74) is 2.79. The first-order valence-electron chi connectivity index (χ1n) is 17.7. The van der Waals surface area contributed by atoms with Gasteiger partial charge in [-0.1, -0.05) is 120 Å². The van der Waals surface area contributed by atoms with E-state index < -0.39 is 10.0 Å². The highest BCUT2D eigenvalue weighted by molar-refractivity contribution is 7.89. The van der Waals surface area contributed by atoms with Gasteiger partial charge >= 0.3 is 0 Å². The van der Waals surface area contributed by atoms with Gasteiger partial charge in [-0.05, 0) is 50.1 Å². The van der Waals surface area contributed by atoms with Crippen LogP contribution in [-0.4, -0.2) is 26.4 Å². The van der Waals surface area contributed by atoms with E-state index >= 15 is 0 Å². The molecule has 0 radical (unpaired) electrons. The number of aromatic nitrogens is 1. The number of nitrogens with zero attached hydrogens (tertiary/aromatic N) is 2. The molecule has 0 aliphatic rings. The number of pyridine rings is 1. The van der Waals surface area contributed by atoms with Gasteiger partial charge in [0.05, 0.1) is 25.2 Å². The van der Waals surface area contributed by atoms with Gasteiger partial charge in [0.2, 0.25) is 10.0 Å². The molecule has 0 aliphatic heterocycles. The van der Waals surface area contributed by atoms with Gasteiger partial charge in [-0.2, -0.15) is 4.31 Å². The molecule has 2 aromatic carbocycles. The maximum Gasteiger partial charge on any atom is 0.243 e.